The number of hydrogen-bond donors (Lipinski definition) is 1. The molecule has 0 aliphatic heterocycles. The minimum absolute atomic E-state index is 0.217. The van der Waals surface area contributed by atoms with Crippen LogP contribution in [-0.2, 0) is 9.59 Å². The van der Waals surface area contributed by atoms with Crippen LogP contribution in [0.25, 0.3) is 0 Å². The van der Waals surface area contributed by atoms with E-state index in [9.17, 15) is 9.59 Å². The lowest BCUT2D eigenvalue weighted by Crippen LogP contribution is -2.32. The summed E-state index contributed by atoms with van der Waals surface area (Å²) in [5.74, 6) is 0.229. The summed E-state index contributed by atoms with van der Waals surface area (Å²) in [5, 5.41) is 10.9. The Balaban J connectivity index is 2.35. The fraction of sp³-hybridized carbons (Fsp3) is 0.300. The molecule has 0 aromatic heterocycles. The van der Waals surface area contributed by atoms with Gasteiger partial charge < -0.3 is 24.3 Å². The topological polar surface area (TPSA) is 108 Å². The van der Waals surface area contributed by atoms with Gasteiger partial charge in [-0.05, 0) is 19.1 Å². The van der Waals surface area contributed by atoms with Gasteiger partial charge in [-0.2, -0.15) is 10.2 Å². The van der Waals surface area contributed by atoms with Crippen molar-refractivity contribution in [2.45, 2.75) is 13.0 Å². The molecule has 1 unspecified atom stereocenters. The highest BCUT2D eigenvalue weighted by Crippen LogP contribution is 2.38. The molecule has 2 rings (SSSR count). The molecule has 0 saturated heterocycles. The molecule has 0 aliphatic rings. The third kappa shape index (κ3) is 5.38. The van der Waals surface area contributed by atoms with Gasteiger partial charge in [0.25, 0.3) is 5.91 Å². The zero-order chi connectivity index (χ0) is 22.3. The van der Waals surface area contributed by atoms with Crippen molar-refractivity contribution in [1.29, 1.82) is 0 Å². The van der Waals surface area contributed by atoms with Crippen LogP contribution in [0.5, 0.6) is 23.0 Å². The quantitative estimate of drug-likeness (QED) is 0.470. The van der Waals surface area contributed by atoms with Gasteiger partial charge in [-0.15, -0.1) is 0 Å². The maximum atomic E-state index is 12.8. The van der Waals surface area contributed by atoms with Gasteiger partial charge in [0.1, 0.15) is 34.4 Å². The molecule has 1 N–H and O–H groups in total. The molecule has 2 aromatic rings. The third-order valence-corrected chi connectivity index (χ3v) is 4.24. The maximum absolute atomic E-state index is 12.8. The summed E-state index contributed by atoms with van der Waals surface area (Å²) < 4.78 is 20.9. The molecule has 0 radical (unpaired) electrons. The number of benzene rings is 2. The van der Waals surface area contributed by atoms with E-state index in [-0.39, 0.29) is 17.2 Å². The molecule has 2 aromatic carbocycles. The van der Waals surface area contributed by atoms with Crippen molar-refractivity contribution in [2.24, 2.45) is 10.2 Å². The molecule has 0 fully saturated rings. The number of carbonyl (C=O) groups is 2. The highest BCUT2D eigenvalue weighted by atomic mass is 35.5. The van der Waals surface area contributed by atoms with Crippen molar-refractivity contribution >= 4 is 34.7 Å². The average Bonchev–Trinajstić information content (AvgIpc) is 2.74. The summed E-state index contributed by atoms with van der Waals surface area (Å²) in [6, 6.07) is 6.50. The van der Waals surface area contributed by atoms with Gasteiger partial charge >= 0.3 is 0 Å². The van der Waals surface area contributed by atoms with E-state index >= 15 is 0 Å². The molecule has 9 nitrogen and oxygen atoms in total. The molecular formula is C20H22ClN3O6. The van der Waals surface area contributed by atoms with Crippen LogP contribution in [0.2, 0.25) is 5.02 Å². The summed E-state index contributed by atoms with van der Waals surface area (Å²) in [7, 11) is 5.80. The highest BCUT2D eigenvalue weighted by Gasteiger charge is 2.26. The lowest BCUT2D eigenvalue weighted by molar-refractivity contribution is -0.126. The SMILES string of the molecule is COc1ccc(OC)c(N=NC(C(C)=O)C(=O)Nc2c(OC)cc(Cl)cc2OC)c1. The van der Waals surface area contributed by atoms with E-state index in [1.54, 1.807) is 18.2 Å². The molecule has 30 heavy (non-hydrogen) atoms. The fourth-order valence-corrected chi connectivity index (χ4v) is 2.71. The van der Waals surface area contributed by atoms with E-state index in [1.807, 2.05) is 0 Å². The van der Waals surface area contributed by atoms with E-state index in [0.29, 0.717) is 22.2 Å². The molecule has 0 heterocycles. The molecule has 1 amide bonds. The standard InChI is InChI=1S/C20H22ClN3O6/c1-11(25)18(24-23-14-10-13(27-2)6-7-15(14)28-3)20(26)22-19-16(29-4)8-12(21)9-17(19)30-5/h6-10,18H,1-5H3,(H,22,26). The van der Waals surface area contributed by atoms with Gasteiger partial charge in [0, 0.05) is 23.2 Å². The maximum Gasteiger partial charge on any atom is 0.259 e. The summed E-state index contributed by atoms with van der Waals surface area (Å²) in [4.78, 5) is 24.9. The minimum Gasteiger partial charge on any atom is -0.497 e. The molecule has 0 spiro atoms. The lowest BCUT2D eigenvalue weighted by Gasteiger charge is -2.16. The van der Waals surface area contributed by atoms with Crippen molar-refractivity contribution in [3.8, 4) is 23.0 Å². The monoisotopic (exact) mass is 435 g/mol. The van der Waals surface area contributed by atoms with E-state index in [1.165, 1.54) is 47.5 Å². The van der Waals surface area contributed by atoms with Crippen LogP contribution >= 0.6 is 11.6 Å². The molecule has 160 valence electrons. The second-order valence-electron chi connectivity index (χ2n) is 5.94. The van der Waals surface area contributed by atoms with Gasteiger partial charge in [0.05, 0.1) is 28.4 Å². The number of nitrogens with zero attached hydrogens (tertiary/aromatic N) is 2. The molecule has 1 atom stereocenters. The van der Waals surface area contributed by atoms with Crippen molar-refractivity contribution in [3.63, 3.8) is 0 Å². The van der Waals surface area contributed by atoms with Crippen molar-refractivity contribution in [2.75, 3.05) is 33.8 Å². The summed E-state index contributed by atoms with van der Waals surface area (Å²) in [5.41, 5.74) is 0.521. The van der Waals surface area contributed by atoms with Crippen LogP contribution in [-0.4, -0.2) is 46.2 Å². The first-order valence-electron chi connectivity index (χ1n) is 8.70. The fourth-order valence-electron chi connectivity index (χ4n) is 2.51. The number of azo groups is 1. The first-order chi connectivity index (χ1) is 14.3. The number of nitrogens with one attached hydrogen (secondary N) is 1. The summed E-state index contributed by atoms with van der Waals surface area (Å²) in [6.45, 7) is 1.24. The number of ketones is 1. The lowest BCUT2D eigenvalue weighted by atomic mass is 10.2. The Bertz CT molecular complexity index is 939. The van der Waals surface area contributed by atoms with Crippen LogP contribution in [0.1, 0.15) is 6.92 Å². The number of carbonyl (C=O) groups excluding carboxylic acids is 2. The van der Waals surface area contributed by atoms with Crippen LogP contribution in [0.4, 0.5) is 11.4 Å². The Morgan fingerprint density at radius 2 is 1.53 bits per heavy atom. The van der Waals surface area contributed by atoms with Crippen LogP contribution < -0.4 is 24.3 Å². The van der Waals surface area contributed by atoms with E-state index in [0.717, 1.165) is 0 Å². The number of methoxy groups -OCH3 is 4. The first kappa shape index (κ1) is 23.0. The van der Waals surface area contributed by atoms with Crippen molar-refractivity contribution in [3.05, 3.63) is 35.4 Å². The van der Waals surface area contributed by atoms with Gasteiger partial charge in [-0.25, -0.2) is 0 Å². The number of Topliss-reactive ketones (excluding diaryl/α,β-unsaturated/α-hetero) is 1. The molecule has 0 saturated carbocycles. The second-order valence-corrected chi connectivity index (χ2v) is 6.38. The van der Waals surface area contributed by atoms with Crippen molar-refractivity contribution in [1.82, 2.24) is 0 Å². The number of halogens is 1. The second kappa shape index (κ2) is 10.4. The zero-order valence-corrected chi connectivity index (χ0v) is 17.9. The summed E-state index contributed by atoms with van der Waals surface area (Å²) in [6.07, 6.45) is 0. The Morgan fingerprint density at radius 3 is 2.03 bits per heavy atom. The number of hydrogen-bond acceptors (Lipinski definition) is 8. The predicted octanol–water partition coefficient (Wildman–Crippen LogP) is 4.05. The van der Waals surface area contributed by atoms with Crippen molar-refractivity contribution < 1.29 is 28.5 Å². The molecule has 0 bridgehead atoms. The summed E-state index contributed by atoms with van der Waals surface area (Å²) >= 11 is 6.02. The molecule has 10 heteroatoms. The molecular weight excluding hydrogens is 414 g/mol. The Labute approximate surface area is 178 Å². The average molecular weight is 436 g/mol. The van der Waals surface area contributed by atoms with Gasteiger partial charge in [-0.1, -0.05) is 11.6 Å². The smallest absolute Gasteiger partial charge is 0.259 e. The first-order valence-corrected chi connectivity index (χ1v) is 9.08. The Hall–Kier alpha value is -3.33. The number of rotatable bonds is 9. The molecule has 0 aliphatic carbocycles. The van der Waals surface area contributed by atoms with Crippen LogP contribution in [0.15, 0.2) is 40.6 Å². The zero-order valence-electron chi connectivity index (χ0n) is 17.2. The minimum atomic E-state index is -1.41. The largest absolute Gasteiger partial charge is 0.497 e. The van der Waals surface area contributed by atoms with E-state index in [2.05, 4.69) is 15.5 Å². The predicted molar refractivity (Wildman–Crippen MR) is 112 cm³/mol. The van der Waals surface area contributed by atoms with Gasteiger partial charge in [-0.3, -0.25) is 9.59 Å². The third-order valence-electron chi connectivity index (χ3n) is 4.02. The van der Waals surface area contributed by atoms with E-state index in [4.69, 9.17) is 30.5 Å². The number of amides is 1. The van der Waals surface area contributed by atoms with Gasteiger partial charge in [0.2, 0.25) is 6.04 Å². The van der Waals surface area contributed by atoms with Gasteiger partial charge in [0.15, 0.2) is 5.78 Å². The highest BCUT2D eigenvalue weighted by molar-refractivity contribution is 6.31. The van der Waals surface area contributed by atoms with Crippen LogP contribution in [0.3, 0.4) is 0 Å². The van der Waals surface area contributed by atoms with Crippen LogP contribution in [0, 0.1) is 0 Å². The Morgan fingerprint density at radius 1 is 0.933 bits per heavy atom. The normalized spacial score (nSPS) is 11.7. The Kier molecular flexibility index (Phi) is 7.99. The number of ether oxygens (including phenoxy) is 4. The number of anilines is 1. The van der Waals surface area contributed by atoms with E-state index < -0.39 is 17.7 Å².